The normalized spacial score (nSPS) is 15.4. The van der Waals surface area contributed by atoms with E-state index in [0.717, 1.165) is 12.8 Å². The molecule has 0 atom stereocenters. The minimum atomic E-state index is -4.28. The van der Waals surface area contributed by atoms with E-state index >= 15 is 0 Å². The van der Waals surface area contributed by atoms with Crippen molar-refractivity contribution in [1.82, 2.24) is 0 Å². The topological polar surface area (TPSA) is 53.1 Å². The van der Waals surface area contributed by atoms with Gasteiger partial charge in [-0.3, -0.25) is 5.41 Å². The van der Waals surface area contributed by atoms with Crippen LogP contribution in [-0.4, -0.2) is 24.6 Å². The number of nitrogens with one attached hydrogen (secondary N) is 1. The van der Waals surface area contributed by atoms with Gasteiger partial charge in [0.05, 0.1) is 5.56 Å². The molecule has 1 aromatic carbocycles. The monoisotopic (exact) mass is 335 g/mol. The number of nitrogen functional groups attached to an aromatic ring is 1. The van der Waals surface area contributed by atoms with Crippen LogP contribution in [0.5, 0.6) is 0 Å². The average molecular weight is 336 g/mol. The molecule has 0 amide bonds. The Hall–Kier alpha value is -1.24. The van der Waals surface area contributed by atoms with Crippen molar-refractivity contribution in [3.8, 4) is 0 Å². The molecule has 7 heteroatoms. The Bertz CT molecular complexity index is 497. The Morgan fingerprint density at radius 3 is 2.53 bits per heavy atom. The Balaban J connectivity index is 2.42. The highest BCUT2D eigenvalue weighted by Gasteiger charge is 2.39. The minimum absolute atomic E-state index is 0.117. The molecule has 0 heterocycles. The summed E-state index contributed by atoms with van der Waals surface area (Å²) in [6, 6.07) is 4.77. The number of halogens is 4. The van der Waals surface area contributed by atoms with E-state index in [2.05, 4.69) is 15.9 Å². The summed E-state index contributed by atoms with van der Waals surface area (Å²) < 4.78 is 38.6. The van der Waals surface area contributed by atoms with E-state index in [4.69, 9.17) is 11.1 Å². The summed E-state index contributed by atoms with van der Waals surface area (Å²) >= 11 is 3.24. The molecule has 3 nitrogen and oxygen atoms in total. The largest absolute Gasteiger partial charge is 0.405 e. The van der Waals surface area contributed by atoms with E-state index in [0.29, 0.717) is 15.7 Å². The fourth-order valence-corrected chi connectivity index (χ4v) is 2.58. The van der Waals surface area contributed by atoms with Crippen molar-refractivity contribution in [3.63, 3.8) is 0 Å². The lowest BCUT2D eigenvalue weighted by atomic mass is 10.1. The summed E-state index contributed by atoms with van der Waals surface area (Å²) in [6.07, 6.45) is -2.81. The zero-order valence-electron chi connectivity index (χ0n) is 9.97. The summed E-state index contributed by atoms with van der Waals surface area (Å²) in [5, 5.41) is 7.54. The first kappa shape index (κ1) is 14.2. The molecular weight excluding hydrogens is 323 g/mol. The third kappa shape index (κ3) is 3.40. The fourth-order valence-electron chi connectivity index (χ4n) is 2.01. The Labute approximate surface area is 117 Å². The van der Waals surface area contributed by atoms with Gasteiger partial charge in [0, 0.05) is 16.2 Å². The molecule has 0 spiro atoms. The molecular formula is C12H13BrF3N3. The second-order valence-electron chi connectivity index (χ2n) is 4.52. The van der Waals surface area contributed by atoms with Gasteiger partial charge in [0.2, 0.25) is 0 Å². The van der Waals surface area contributed by atoms with Gasteiger partial charge >= 0.3 is 6.18 Å². The minimum Gasteiger partial charge on any atom is -0.384 e. The van der Waals surface area contributed by atoms with Crippen LogP contribution in [0.3, 0.4) is 0 Å². The van der Waals surface area contributed by atoms with E-state index in [1.807, 2.05) is 0 Å². The molecule has 2 rings (SSSR count). The maximum atomic E-state index is 12.7. The quantitative estimate of drug-likeness (QED) is 0.655. The summed E-state index contributed by atoms with van der Waals surface area (Å²) in [5.41, 5.74) is 6.16. The molecule has 0 unspecified atom stereocenters. The van der Waals surface area contributed by atoms with Gasteiger partial charge < -0.3 is 10.6 Å². The maximum Gasteiger partial charge on any atom is 0.405 e. The molecule has 0 aliphatic heterocycles. The number of benzene rings is 1. The molecule has 1 aliphatic carbocycles. The highest BCUT2D eigenvalue weighted by molar-refractivity contribution is 9.10. The fraction of sp³-hybridized carbons (Fsp3) is 0.417. The van der Waals surface area contributed by atoms with Crippen molar-refractivity contribution in [2.24, 2.45) is 5.73 Å². The first-order valence-corrected chi connectivity index (χ1v) is 6.55. The van der Waals surface area contributed by atoms with Crippen LogP contribution >= 0.6 is 15.9 Å². The number of nitrogens with zero attached hydrogens (tertiary/aromatic N) is 1. The van der Waals surface area contributed by atoms with Gasteiger partial charge in [-0.15, -0.1) is 0 Å². The van der Waals surface area contributed by atoms with Crippen LogP contribution in [0.2, 0.25) is 0 Å². The van der Waals surface area contributed by atoms with Crippen LogP contribution in [0, 0.1) is 5.41 Å². The summed E-state index contributed by atoms with van der Waals surface area (Å²) in [6.45, 7) is -1.02. The lowest BCUT2D eigenvalue weighted by molar-refractivity contribution is -0.120. The van der Waals surface area contributed by atoms with Gasteiger partial charge in [-0.1, -0.05) is 6.07 Å². The van der Waals surface area contributed by atoms with Crippen molar-refractivity contribution in [2.45, 2.75) is 25.1 Å². The third-order valence-corrected chi connectivity index (χ3v) is 3.57. The Morgan fingerprint density at radius 2 is 2.05 bits per heavy atom. The van der Waals surface area contributed by atoms with Crippen LogP contribution in [0.25, 0.3) is 0 Å². The zero-order valence-corrected chi connectivity index (χ0v) is 11.6. The van der Waals surface area contributed by atoms with Gasteiger partial charge in [-0.2, -0.15) is 13.2 Å². The summed E-state index contributed by atoms with van der Waals surface area (Å²) in [4.78, 5) is 1.29. The molecule has 3 N–H and O–H groups in total. The third-order valence-electron chi connectivity index (χ3n) is 2.91. The molecule has 104 valence electrons. The van der Waals surface area contributed by atoms with Gasteiger partial charge in [0.1, 0.15) is 12.4 Å². The molecule has 1 aliphatic rings. The summed E-state index contributed by atoms with van der Waals surface area (Å²) in [7, 11) is 0. The van der Waals surface area contributed by atoms with E-state index < -0.39 is 12.7 Å². The second-order valence-corrected chi connectivity index (χ2v) is 5.38. The van der Waals surface area contributed by atoms with Crippen molar-refractivity contribution < 1.29 is 13.2 Å². The average Bonchev–Trinajstić information content (AvgIpc) is 3.07. The molecule has 19 heavy (non-hydrogen) atoms. The SMILES string of the molecule is N=C(N)c1c(Br)cccc1N(CC(F)(F)F)C1CC1. The number of alkyl halides is 3. The molecule has 0 bridgehead atoms. The van der Waals surface area contributed by atoms with Crippen molar-refractivity contribution >= 4 is 27.5 Å². The first-order valence-electron chi connectivity index (χ1n) is 5.76. The Kier molecular flexibility index (Phi) is 3.75. The lowest BCUT2D eigenvalue weighted by Crippen LogP contribution is -2.37. The number of hydrogen-bond acceptors (Lipinski definition) is 2. The smallest absolute Gasteiger partial charge is 0.384 e. The van der Waals surface area contributed by atoms with Gasteiger partial charge in [-0.05, 0) is 40.9 Å². The molecule has 0 saturated heterocycles. The Morgan fingerprint density at radius 1 is 1.42 bits per heavy atom. The van der Waals surface area contributed by atoms with Gasteiger partial charge in [0.25, 0.3) is 0 Å². The van der Waals surface area contributed by atoms with E-state index in [-0.39, 0.29) is 11.9 Å². The lowest BCUT2D eigenvalue weighted by Gasteiger charge is -2.28. The zero-order chi connectivity index (χ0) is 14.2. The number of hydrogen-bond donors (Lipinski definition) is 2. The number of nitrogens with two attached hydrogens (primary N) is 1. The molecule has 1 fully saturated rings. The van der Waals surface area contributed by atoms with E-state index in [1.165, 1.54) is 4.90 Å². The maximum absolute atomic E-state index is 12.7. The van der Waals surface area contributed by atoms with Crippen LogP contribution in [0.15, 0.2) is 22.7 Å². The number of amidine groups is 1. The van der Waals surface area contributed by atoms with Gasteiger partial charge in [-0.25, -0.2) is 0 Å². The van der Waals surface area contributed by atoms with Crippen LogP contribution in [0.1, 0.15) is 18.4 Å². The molecule has 0 aromatic heterocycles. The predicted octanol–water partition coefficient (Wildman–Crippen LogP) is 3.26. The first-order chi connectivity index (χ1) is 8.79. The highest BCUT2D eigenvalue weighted by atomic mass is 79.9. The van der Waals surface area contributed by atoms with Crippen molar-refractivity contribution in [2.75, 3.05) is 11.4 Å². The van der Waals surface area contributed by atoms with E-state index in [9.17, 15) is 13.2 Å². The molecule has 0 radical (unpaired) electrons. The predicted molar refractivity (Wildman–Crippen MR) is 71.6 cm³/mol. The number of rotatable bonds is 4. The standard InChI is InChI=1S/C12H13BrF3N3/c13-8-2-1-3-9(10(8)11(17)18)19(7-4-5-7)6-12(14,15)16/h1-3,7H,4-6H2,(H3,17,18). The van der Waals surface area contributed by atoms with Gasteiger partial charge in [0.15, 0.2) is 0 Å². The van der Waals surface area contributed by atoms with Crippen LogP contribution < -0.4 is 10.6 Å². The highest BCUT2D eigenvalue weighted by Crippen LogP contribution is 2.37. The van der Waals surface area contributed by atoms with Crippen molar-refractivity contribution in [3.05, 3.63) is 28.2 Å². The van der Waals surface area contributed by atoms with E-state index in [1.54, 1.807) is 18.2 Å². The molecule has 1 saturated carbocycles. The number of anilines is 1. The molecule has 1 aromatic rings. The summed E-state index contributed by atoms with van der Waals surface area (Å²) in [5.74, 6) is -0.240. The van der Waals surface area contributed by atoms with Crippen LogP contribution in [-0.2, 0) is 0 Å². The van der Waals surface area contributed by atoms with Crippen molar-refractivity contribution in [1.29, 1.82) is 5.41 Å². The van der Waals surface area contributed by atoms with Crippen LogP contribution in [0.4, 0.5) is 18.9 Å². The second kappa shape index (κ2) is 5.03.